The van der Waals surface area contributed by atoms with Gasteiger partial charge in [-0.1, -0.05) is 23.7 Å². The van der Waals surface area contributed by atoms with Gasteiger partial charge in [-0.05, 0) is 31.4 Å². The van der Waals surface area contributed by atoms with E-state index in [1.54, 1.807) is 10.7 Å². The van der Waals surface area contributed by atoms with Crippen LogP contribution in [0.25, 0.3) is 5.69 Å². The number of halogens is 1. The molecule has 116 valence electrons. The van der Waals surface area contributed by atoms with E-state index in [4.69, 9.17) is 16.7 Å². The van der Waals surface area contributed by atoms with E-state index in [1.807, 2.05) is 18.2 Å². The third-order valence-corrected chi connectivity index (χ3v) is 3.80. The van der Waals surface area contributed by atoms with Gasteiger partial charge in [0.25, 0.3) is 5.91 Å². The third kappa shape index (κ3) is 3.13. The van der Waals surface area contributed by atoms with E-state index in [-0.39, 0.29) is 18.3 Å². The molecule has 2 aromatic rings. The van der Waals surface area contributed by atoms with E-state index < -0.39 is 0 Å². The van der Waals surface area contributed by atoms with Crippen molar-refractivity contribution in [3.63, 3.8) is 0 Å². The van der Waals surface area contributed by atoms with Crippen LogP contribution in [0, 0.1) is 0 Å². The Kier molecular flexibility index (Phi) is 4.40. The molecule has 1 aromatic heterocycles. The van der Waals surface area contributed by atoms with Gasteiger partial charge in [0.05, 0.1) is 10.7 Å². The lowest BCUT2D eigenvalue weighted by Crippen LogP contribution is -2.26. The van der Waals surface area contributed by atoms with Crippen LogP contribution in [-0.4, -0.2) is 38.9 Å². The van der Waals surface area contributed by atoms with Crippen molar-refractivity contribution in [1.82, 2.24) is 20.1 Å². The monoisotopic (exact) mass is 320 g/mol. The molecule has 3 rings (SSSR count). The average Bonchev–Trinajstić information content (AvgIpc) is 3.27. The summed E-state index contributed by atoms with van der Waals surface area (Å²) in [7, 11) is 0. The molecule has 1 aromatic carbocycles. The Bertz CT molecular complexity index is 682. The molecule has 0 unspecified atom stereocenters. The van der Waals surface area contributed by atoms with Gasteiger partial charge in [-0.2, -0.15) is 0 Å². The molecule has 1 aliphatic carbocycles. The normalized spacial score (nSPS) is 14.1. The van der Waals surface area contributed by atoms with Crippen LogP contribution in [0.2, 0.25) is 5.02 Å². The predicted octanol–water partition coefficient (Wildman–Crippen LogP) is 1.91. The Morgan fingerprint density at radius 3 is 2.86 bits per heavy atom. The molecule has 0 atom stereocenters. The Hall–Kier alpha value is -1.92. The van der Waals surface area contributed by atoms with Crippen molar-refractivity contribution in [2.75, 3.05) is 13.2 Å². The lowest BCUT2D eigenvalue weighted by Gasteiger charge is -2.06. The number of benzene rings is 1. The van der Waals surface area contributed by atoms with E-state index in [0.717, 1.165) is 24.4 Å². The maximum atomic E-state index is 12.1. The fourth-order valence-electron chi connectivity index (χ4n) is 2.19. The highest BCUT2D eigenvalue weighted by atomic mass is 35.5. The lowest BCUT2D eigenvalue weighted by molar-refractivity contribution is 0.0941. The van der Waals surface area contributed by atoms with Crippen molar-refractivity contribution in [1.29, 1.82) is 0 Å². The highest BCUT2D eigenvalue weighted by Crippen LogP contribution is 2.40. The number of nitrogens with zero attached hydrogens (tertiary/aromatic N) is 3. The summed E-state index contributed by atoms with van der Waals surface area (Å²) in [5.74, 6) is 0.920. The third-order valence-electron chi connectivity index (χ3n) is 3.48. The van der Waals surface area contributed by atoms with Crippen LogP contribution in [-0.2, 0) is 0 Å². The first kappa shape index (κ1) is 15.0. The fraction of sp³-hybridized carbons (Fsp3) is 0.400. The van der Waals surface area contributed by atoms with Crippen molar-refractivity contribution in [3.8, 4) is 5.69 Å². The summed E-state index contributed by atoms with van der Waals surface area (Å²) in [5.41, 5.74) is 0.730. The second-order valence-corrected chi connectivity index (χ2v) is 5.67. The summed E-state index contributed by atoms with van der Waals surface area (Å²) >= 11 is 6.23. The molecule has 0 aliphatic heterocycles. The first-order valence-electron chi connectivity index (χ1n) is 7.31. The number of carbonyl (C=O) groups is 1. The number of amides is 1. The maximum absolute atomic E-state index is 12.1. The van der Waals surface area contributed by atoms with Crippen molar-refractivity contribution < 1.29 is 9.90 Å². The predicted molar refractivity (Wildman–Crippen MR) is 82.4 cm³/mol. The summed E-state index contributed by atoms with van der Waals surface area (Å²) < 4.78 is 1.67. The molecule has 0 spiro atoms. The number of rotatable bonds is 6. The minimum Gasteiger partial charge on any atom is -0.396 e. The Labute approximate surface area is 133 Å². The smallest absolute Gasteiger partial charge is 0.290 e. The van der Waals surface area contributed by atoms with Gasteiger partial charge in [0, 0.05) is 19.1 Å². The standard InChI is InChI=1S/C15H17ClN4O2/c16-11-4-1-2-5-12(11)20-14(10-6-7-10)18-13(19-20)15(22)17-8-3-9-21/h1-2,4-5,10,21H,3,6-9H2,(H,17,22). The molecule has 2 N–H and O–H groups in total. The molecule has 1 heterocycles. The summed E-state index contributed by atoms with van der Waals surface area (Å²) in [5, 5.41) is 16.4. The summed E-state index contributed by atoms with van der Waals surface area (Å²) in [4.78, 5) is 16.5. The first-order chi connectivity index (χ1) is 10.7. The van der Waals surface area contributed by atoms with E-state index in [0.29, 0.717) is 23.9 Å². The minimum atomic E-state index is -0.332. The summed E-state index contributed by atoms with van der Waals surface area (Å²) in [6.07, 6.45) is 2.61. The molecule has 1 aliphatic rings. The zero-order valence-corrected chi connectivity index (χ0v) is 12.8. The van der Waals surface area contributed by atoms with E-state index in [1.165, 1.54) is 0 Å². The molecule has 6 nitrogen and oxygen atoms in total. The molecule has 1 amide bonds. The first-order valence-corrected chi connectivity index (χ1v) is 7.69. The van der Waals surface area contributed by atoms with Crippen molar-refractivity contribution in [2.24, 2.45) is 0 Å². The number of para-hydroxylation sites is 1. The molecular formula is C15H17ClN4O2. The van der Waals surface area contributed by atoms with Crippen molar-refractivity contribution >= 4 is 17.5 Å². The van der Waals surface area contributed by atoms with Gasteiger partial charge in [-0.3, -0.25) is 4.79 Å². The van der Waals surface area contributed by atoms with Gasteiger partial charge in [-0.25, -0.2) is 9.67 Å². The fourth-order valence-corrected chi connectivity index (χ4v) is 2.40. The number of aromatic nitrogens is 3. The van der Waals surface area contributed by atoms with Crippen LogP contribution in [0.15, 0.2) is 24.3 Å². The number of carbonyl (C=O) groups excluding carboxylic acids is 1. The Balaban J connectivity index is 1.90. The molecule has 0 radical (unpaired) electrons. The van der Waals surface area contributed by atoms with E-state index >= 15 is 0 Å². The highest BCUT2D eigenvalue weighted by molar-refractivity contribution is 6.32. The van der Waals surface area contributed by atoms with Crippen molar-refractivity contribution in [2.45, 2.75) is 25.2 Å². The second-order valence-electron chi connectivity index (χ2n) is 5.26. The van der Waals surface area contributed by atoms with E-state index in [2.05, 4.69) is 15.4 Å². The van der Waals surface area contributed by atoms with Gasteiger partial charge in [0.2, 0.25) is 5.82 Å². The molecule has 0 saturated heterocycles. The largest absolute Gasteiger partial charge is 0.396 e. The zero-order valence-electron chi connectivity index (χ0n) is 12.0. The summed E-state index contributed by atoms with van der Waals surface area (Å²) in [6, 6.07) is 7.37. The number of nitrogens with one attached hydrogen (secondary N) is 1. The molecule has 1 saturated carbocycles. The minimum absolute atomic E-state index is 0.0368. The zero-order chi connectivity index (χ0) is 15.5. The SMILES string of the molecule is O=C(NCCCO)c1nc(C2CC2)n(-c2ccccc2Cl)n1. The van der Waals surface area contributed by atoms with E-state index in [9.17, 15) is 4.79 Å². The second kappa shape index (κ2) is 6.46. The van der Waals surface area contributed by atoms with Crippen LogP contribution in [0.4, 0.5) is 0 Å². The maximum Gasteiger partial charge on any atom is 0.290 e. The van der Waals surface area contributed by atoms with Gasteiger partial charge >= 0.3 is 0 Å². The van der Waals surface area contributed by atoms with Gasteiger partial charge in [0.1, 0.15) is 5.82 Å². The van der Waals surface area contributed by atoms with Gasteiger partial charge in [-0.15, -0.1) is 5.10 Å². The van der Waals surface area contributed by atoms with Gasteiger partial charge in [0.15, 0.2) is 0 Å². The molecule has 7 heteroatoms. The topological polar surface area (TPSA) is 80.0 Å². The van der Waals surface area contributed by atoms with Gasteiger partial charge < -0.3 is 10.4 Å². The highest BCUT2D eigenvalue weighted by Gasteiger charge is 2.31. The van der Waals surface area contributed by atoms with Crippen LogP contribution < -0.4 is 5.32 Å². The number of hydrogen-bond acceptors (Lipinski definition) is 4. The van der Waals surface area contributed by atoms with Crippen LogP contribution in [0.3, 0.4) is 0 Å². The lowest BCUT2D eigenvalue weighted by atomic mass is 10.3. The van der Waals surface area contributed by atoms with Crippen molar-refractivity contribution in [3.05, 3.63) is 40.9 Å². The quantitative estimate of drug-likeness (QED) is 0.797. The number of hydrogen-bond donors (Lipinski definition) is 2. The number of aliphatic hydroxyl groups excluding tert-OH is 1. The number of aliphatic hydroxyl groups is 1. The van der Waals surface area contributed by atoms with Crippen LogP contribution >= 0.6 is 11.6 Å². The van der Waals surface area contributed by atoms with Crippen LogP contribution in [0.1, 0.15) is 41.6 Å². The molecular weight excluding hydrogens is 304 g/mol. The molecule has 1 fully saturated rings. The molecule has 22 heavy (non-hydrogen) atoms. The Morgan fingerprint density at radius 1 is 1.41 bits per heavy atom. The molecule has 0 bridgehead atoms. The van der Waals surface area contributed by atoms with Crippen LogP contribution in [0.5, 0.6) is 0 Å². The average molecular weight is 321 g/mol. The Morgan fingerprint density at radius 2 is 2.18 bits per heavy atom. The summed E-state index contributed by atoms with van der Waals surface area (Å²) in [6.45, 7) is 0.434.